The van der Waals surface area contributed by atoms with Crippen LogP contribution in [0, 0.1) is 6.92 Å². The van der Waals surface area contributed by atoms with Crippen LogP contribution in [-0.2, 0) is 0 Å². The van der Waals surface area contributed by atoms with Crippen LogP contribution in [0.15, 0.2) is 12.1 Å². The van der Waals surface area contributed by atoms with Crippen molar-refractivity contribution in [1.29, 1.82) is 0 Å². The molecule has 0 saturated carbocycles. The Balaban J connectivity index is 3.25. The van der Waals surface area contributed by atoms with E-state index in [2.05, 4.69) is 4.74 Å². The monoisotopic (exact) mass is 252 g/mol. The van der Waals surface area contributed by atoms with Gasteiger partial charge in [-0.15, -0.1) is 13.2 Å². The van der Waals surface area contributed by atoms with Gasteiger partial charge in [0.05, 0.1) is 0 Å². The fourth-order valence-electron chi connectivity index (χ4n) is 1.25. The molecule has 6 heteroatoms. The number of ether oxygens (including phenoxy) is 1. The van der Waals surface area contributed by atoms with E-state index in [-0.39, 0.29) is 21.9 Å². The number of hydrogen-bond donors (Lipinski definition) is 0. The summed E-state index contributed by atoms with van der Waals surface area (Å²) in [6, 6.07) is 2.33. The fraction of sp³-hybridized carbons (Fsp3) is 0.300. The molecule has 0 atom stereocenters. The van der Waals surface area contributed by atoms with Crippen molar-refractivity contribution in [2.45, 2.75) is 20.2 Å². The van der Waals surface area contributed by atoms with Crippen molar-refractivity contribution in [3.8, 4) is 5.75 Å². The minimum Gasteiger partial charge on any atom is -0.405 e. The van der Waals surface area contributed by atoms with E-state index in [1.807, 2.05) is 0 Å². The first-order valence-electron chi connectivity index (χ1n) is 4.27. The molecule has 0 aromatic heterocycles. The average molecular weight is 253 g/mol. The van der Waals surface area contributed by atoms with Crippen LogP contribution in [0.25, 0.3) is 0 Å². The normalized spacial score (nSPS) is 11.4. The predicted molar refractivity (Wildman–Crippen MR) is 52.9 cm³/mol. The summed E-state index contributed by atoms with van der Waals surface area (Å²) in [7, 11) is 0. The first kappa shape index (κ1) is 12.8. The molecule has 0 amide bonds. The second-order valence-electron chi connectivity index (χ2n) is 3.18. The van der Waals surface area contributed by atoms with Gasteiger partial charge < -0.3 is 4.74 Å². The molecule has 1 aromatic carbocycles. The molecule has 0 aliphatic carbocycles. The van der Waals surface area contributed by atoms with Gasteiger partial charge in [0.1, 0.15) is 5.75 Å². The molecule has 0 N–H and O–H groups in total. The standard InChI is InChI=1S/C10H8ClF3O2/c1-5-8(6(2)15)3-7(11)4-9(5)16-10(12,13)14/h3-4H,1-2H3. The first-order valence-corrected chi connectivity index (χ1v) is 4.65. The van der Waals surface area contributed by atoms with Crippen molar-refractivity contribution in [3.63, 3.8) is 0 Å². The molecule has 16 heavy (non-hydrogen) atoms. The van der Waals surface area contributed by atoms with Crippen LogP contribution in [0.2, 0.25) is 5.02 Å². The lowest BCUT2D eigenvalue weighted by molar-refractivity contribution is -0.274. The van der Waals surface area contributed by atoms with Crippen LogP contribution in [0.1, 0.15) is 22.8 Å². The summed E-state index contributed by atoms with van der Waals surface area (Å²) in [5, 5.41) is 0.0232. The summed E-state index contributed by atoms with van der Waals surface area (Å²) >= 11 is 5.60. The number of halogens is 4. The highest BCUT2D eigenvalue weighted by Crippen LogP contribution is 2.31. The van der Waals surface area contributed by atoms with Crippen LogP contribution in [0.5, 0.6) is 5.75 Å². The van der Waals surface area contributed by atoms with Gasteiger partial charge in [-0.2, -0.15) is 0 Å². The molecule has 0 aliphatic heterocycles. The molecule has 1 rings (SSSR count). The highest BCUT2D eigenvalue weighted by molar-refractivity contribution is 6.31. The molecular weight excluding hydrogens is 245 g/mol. The van der Waals surface area contributed by atoms with E-state index in [9.17, 15) is 18.0 Å². The molecule has 2 nitrogen and oxygen atoms in total. The van der Waals surface area contributed by atoms with Crippen molar-refractivity contribution in [2.24, 2.45) is 0 Å². The summed E-state index contributed by atoms with van der Waals surface area (Å²) in [6.07, 6.45) is -4.80. The second kappa shape index (κ2) is 4.33. The molecule has 88 valence electrons. The van der Waals surface area contributed by atoms with Gasteiger partial charge in [-0.25, -0.2) is 0 Å². The largest absolute Gasteiger partial charge is 0.573 e. The van der Waals surface area contributed by atoms with Crippen LogP contribution in [0.3, 0.4) is 0 Å². The van der Waals surface area contributed by atoms with E-state index < -0.39 is 12.1 Å². The van der Waals surface area contributed by atoms with Gasteiger partial charge in [-0.05, 0) is 26.0 Å². The van der Waals surface area contributed by atoms with Crippen molar-refractivity contribution in [2.75, 3.05) is 0 Å². The number of Topliss-reactive ketones (excluding diaryl/α,β-unsaturated/α-hetero) is 1. The molecular formula is C10H8ClF3O2. The number of alkyl halides is 3. The van der Waals surface area contributed by atoms with Crippen LogP contribution >= 0.6 is 11.6 Å². The van der Waals surface area contributed by atoms with Gasteiger partial charge in [0.2, 0.25) is 0 Å². The lowest BCUT2D eigenvalue weighted by Gasteiger charge is -2.13. The van der Waals surface area contributed by atoms with E-state index in [4.69, 9.17) is 11.6 Å². The van der Waals surface area contributed by atoms with Gasteiger partial charge in [0, 0.05) is 16.1 Å². The summed E-state index contributed by atoms with van der Waals surface area (Å²) in [4.78, 5) is 11.1. The number of carbonyl (C=O) groups is 1. The Bertz CT molecular complexity index is 427. The lowest BCUT2D eigenvalue weighted by Crippen LogP contribution is -2.18. The maximum Gasteiger partial charge on any atom is 0.573 e. The zero-order chi connectivity index (χ0) is 12.5. The number of carbonyl (C=O) groups excluding carboxylic acids is 1. The summed E-state index contributed by atoms with van der Waals surface area (Å²) < 4.78 is 39.9. The molecule has 0 fully saturated rings. The predicted octanol–water partition coefficient (Wildman–Crippen LogP) is 3.75. The van der Waals surface area contributed by atoms with E-state index in [1.165, 1.54) is 19.9 Å². The molecule has 0 radical (unpaired) electrons. The van der Waals surface area contributed by atoms with E-state index in [0.717, 1.165) is 6.07 Å². The van der Waals surface area contributed by atoms with Gasteiger partial charge in [0.15, 0.2) is 5.78 Å². The lowest BCUT2D eigenvalue weighted by atomic mass is 10.0. The second-order valence-corrected chi connectivity index (χ2v) is 3.62. The SMILES string of the molecule is CC(=O)c1cc(Cl)cc(OC(F)(F)F)c1C. The minimum absolute atomic E-state index is 0.0232. The van der Waals surface area contributed by atoms with Crippen LogP contribution < -0.4 is 4.74 Å². The number of hydrogen-bond acceptors (Lipinski definition) is 2. The van der Waals surface area contributed by atoms with Gasteiger partial charge in [-0.1, -0.05) is 11.6 Å². The Morgan fingerprint density at radius 3 is 2.38 bits per heavy atom. The molecule has 0 saturated heterocycles. The van der Waals surface area contributed by atoms with Crippen molar-refractivity contribution >= 4 is 17.4 Å². The zero-order valence-corrected chi connectivity index (χ0v) is 9.24. The third-order valence-electron chi connectivity index (χ3n) is 1.93. The maximum atomic E-state index is 12.0. The molecule has 0 aliphatic rings. The topological polar surface area (TPSA) is 26.3 Å². The fourth-order valence-corrected chi connectivity index (χ4v) is 1.46. The van der Waals surface area contributed by atoms with Crippen molar-refractivity contribution < 1.29 is 22.7 Å². The number of ketones is 1. The van der Waals surface area contributed by atoms with Crippen LogP contribution in [-0.4, -0.2) is 12.1 Å². The van der Waals surface area contributed by atoms with Gasteiger partial charge in [0.25, 0.3) is 0 Å². The third kappa shape index (κ3) is 3.13. The van der Waals surface area contributed by atoms with Gasteiger partial charge in [-0.3, -0.25) is 4.79 Å². The summed E-state index contributed by atoms with van der Waals surface area (Å²) in [5.74, 6) is -0.822. The number of rotatable bonds is 2. The Kier molecular flexibility index (Phi) is 3.48. The molecule has 1 aromatic rings. The molecule has 0 bridgehead atoms. The zero-order valence-electron chi connectivity index (χ0n) is 8.48. The third-order valence-corrected chi connectivity index (χ3v) is 2.15. The average Bonchev–Trinajstić information content (AvgIpc) is 2.07. The van der Waals surface area contributed by atoms with Gasteiger partial charge >= 0.3 is 6.36 Å². The molecule has 0 unspecified atom stereocenters. The Morgan fingerprint density at radius 1 is 1.38 bits per heavy atom. The smallest absolute Gasteiger partial charge is 0.405 e. The number of benzene rings is 1. The van der Waals surface area contributed by atoms with Crippen molar-refractivity contribution in [3.05, 3.63) is 28.3 Å². The summed E-state index contributed by atoms with van der Waals surface area (Å²) in [5.41, 5.74) is 0.237. The van der Waals surface area contributed by atoms with E-state index in [0.29, 0.717) is 0 Å². The Morgan fingerprint density at radius 2 is 1.94 bits per heavy atom. The first-order chi connectivity index (χ1) is 7.20. The van der Waals surface area contributed by atoms with Crippen LogP contribution in [0.4, 0.5) is 13.2 Å². The summed E-state index contributed by atoms with van der Waals surface area (Å²) in [6.45, 7) is 2.62. The highest BCUT2D eigenvalue weighted by atomic mass is 35.5. The molecule has 0 spiro atoms. The Labute approximate surface area is 95.0 Å². The minimum atomic E-state index is -4.80. The maximum absolute atomic E-state index is 12.0. The van der Waals surface area contributed by atoms with Crippen molar-refractivity contribution in [1.82, 2.24) is 0 Å². The highest BCUT2D eigenvalue weighted by Gasteiger charge is 2.32. The quantitative estimate of drug-likeness (QED) is 0.750. The van der Waals surface area contributed by atoms with E-state index in [1.54, 1.807) is 0 Å². The van der Waals surface area contributed by atoms with E-state index >= 15 is 0 Å². The molecule has 0 heterocycles. The Hall–Kier alpha value is -1.23.